The molecule has 1 aliphatic rings. The molecule has 2 N–H and O–H groups in total. The smallest absolute Gasteiger partial charge is 0.271 e. The second-order valence-electron chi connectivity index (χ2n) is 10.3. The van der Waals surface area contributed by atoms with Gasteiger partial charge in [-0.05, 0) is 53.3 Å². The van der Waals surface area contributed by atoms with Gasteiger partial charge in [-0.1, -0.05) is 33.8 Å². The predicted molar refractivity (Wildman–Crippen MR) is 143 cm³/mol. The molecule has 3 heterocycles. The zero-order chi connectivity index (χ0) is 26.6. The molecule has 37 heavy (non-hydrogen) atoms. The first-order valence-corrected chi connectivity index (χ1v) is 12.6. The van der Waals surface area contributed by atoms with Crippen molar-refractivity contribution in [2.24, 2.45) is 0 Å². The Hall–Kier alpha value is -4.01. The highest BCUT2D eigenvalue weighted by atomic mass is 16.3. The van der Waals surface area contributed by atoms with Crippen LogP contribution in [0.1, 0.15) is 60.5 Å². The molecule has 0 saturated carbocycles. The van der Waals surface area contributed by atoms with E-state index < -0.39 is 0 Å². The Morgan fingerprint density at radius 2 is 1.73 bits per heavy atom. The first-order chi connectivity index (χ1) is 17.7. The van der Waals surface area contributed by atoms with Crippen LogP contribution in [0.2, 0.25) is 0 Å². The van der Waals surface area contributed by atoms with Gasteiger partial charge in [-0.15, -0.1) is 10.2 Å². The maximum atomic E-state index is 13.5. The van der Waals surface area contributed by atoms with Crippen molar-refractivity contribution in [1.29, 1.82) is 0 Å². The molecule has 2 aromatic heterocycles. The number of anilines is 1. The molecular weight excluding hydrogens is 468 g/mol. The summed E-state index contributed by atoms with van der Waals surface area (Å²) < 4.78 is 0. The fraction of sp³-hybridized carbons (Fsp3) is 0.393. The van der Waals surface area contributed by atoms with Gasteiger partial charge in [0, 0.05) is 50.0 Å². The normalized spacial score (nSPS) is 13.9. The number of hydrogen-bond acceptors (Lipinski definition) is 7. The highest BCUT2D eigenvalue weighted by molar-refractivity contribution is 5.96. The van der Waals surface area contributed by atoms with E-state index in [0.29, 0.717) is 49.8 Å². The quantitative estimate of drug-likeness (QED) is 0.529. The number of piperazine rings is 1. The van der Waals surface area contributed by atoms with Crippen molar-refractivity contribution in [3.8, 4) is 16.9 Å². The molecule has 0 spiro atoms. The molecule has 0 atom stereocenters. The Morgan fingerprint density at radius 1 is 0.973 bits per heavy atom. The molecule has 9 heteroatoms. The highest BCUT2D eigenvalue weighted by Crippen LogP contribution is 2.31. The van der Waals surface area contributed by atoms with Crippen molar-refractivity contribution in [2.75, 3.05) is 37.6 Å². The number of aromatic hydroxyl groups is 1. The van der Waals surface area contributed by atoms with Gasteiger partial charge < -0.3 is 20.2 Å². The van der Waals surface area contributed by atoms with Crippen molar-refractivity contribution >= 4 is 17.6 Å². The van der Waals surface area contributed by atoms with E-state index in [-0.39, 0.29) is 23.0 Å². The van der Waals surface area contributed by atoms with Crippen LogP contribution in [0.25, 0.3) is 11.1 Å². The maximum Gasteiger partial charge on any atom is 0.271 e. The first-order valence-electron chi connectivity index (χ1n) is 12.6. The number of carbonyl (C=O) groups excluding carboxylic acids is 2. The molecule has 0 radical (unpaired) electrons. The third-order valence-corrected chi connectivity index (χ3v) is 6.41. The van der Waals surface area contributed by atoms with Crippen molar-refractivity contribution < 1.29 is 14.7 Å². The number of nitrogens with one attached hydrogen (secondary N) is 1. The number of pyridine rings is 1. The van der Waals surface area contributed by atoms with Crippen LogP contribution in [-0.2, 0) is 5.41 Å². The zero-order valence-corrected chi connectivity index (χ0v) is 21.9. The number of hydrogen-bond donors (Lipinski definition) is 2. The standard InChI is InChI=1S/C28H34N6O3/c1-5-8-30-26(36)24-6-7-25(32-31-24)33-9-11-34(12-10-33)27(37)20-13-19(14-22(15-20)28(2,3)4)21-16-23(35)18-29-17-21/h6-7,13-18,35H,5,8-12H2,1-4H3,(H,30,36). The Balaban J connectivity index is 1.48. The van der Waals surface area contributed by atoms with Crippen LogP contribution in [0.4, 0.5) is 5.82 Å². The topological polar surface area (TPSA) is 112 Å². The molecule has 9 nitrogen and oxygen atoms in total. The van der Waals surface area contributed by atoms with E-state index in [0.717, 1.165) is 23.1 Å². The third kappa shape index (κ3) is 6.22. The Kier molecular flexibility index (Phi) is 7.71. The average Bonchev–Trinajstić information content (AvgIpc) is 2.90. The van der Waals surface area contributed by atoms with E-state index in [1.165, 1.54) is 6.20 Å². The van der Waals surface area contributed by atoms with E-state index in [1.807, 2.05) is 24.0 Å². The van der Waals surface area contributed by atoms with E-state index >= 15 is 0 Å². The summed E-state index contributed by atoms with van der Waals surface area (Å²) in [4.78, 5) is 33.6. The average molecular weight is 503 g/mol. The van der Waals surface area contributed by atoms with Crippen molar-refractivity contribution in [3.05, 3.63) is 65.6 Å². The molecule has 1 aromatic carbocycles. The molecule has 4 rings (SSSR count). The number of benzene rings is 1. The van der Waals surface area contributed by atoms with Crippen molar-refractivity contribution in [2.45, 2.75) is 39.5 Å². The summed E-state index contributed by atoms with van der Waals surface area (Å²) in [5.41, 5.74) is 3.39. The van der Waals surface area contributed by atoms with Gasteiger partial charge in [-0.2, -0.15) is 0 Å². The lowest BCUT2D eigenvalue weighted by molar-refractivity contribution is 0.0746. The number of amides is 2. The van der Waals surface area contributed by atoms with Crippen molar-refractivity contribution in [3.63, 3.8) is 0 Å². The Labute approximate surface area is 217 Å². The monoisotopic (exact) mass is 502 g/mol. The maximum absolute atomic E-state index is 13.5. The highest BCUT2D eigenvalue weighted by Gasteiger charge is 2.25. The lowest BCUT2D eigenvalue weighted by Gasteiger charge is -2.35. The minimum Gasteiger partial charge on any atom is -0.506 e. The molecule has 1 saturated heterocycles. The predicted octanol–water partition coefficient (Wildman–Crippen LogP) is 3.64. The van der Waals surface area contributed by atoms with Gasteiger partial charge in [0.25, 0.3) is 11.8 Å². The zero-order valence-electron chi connectivity index (χ0n) is 21.9. The van der Waals surface area contributed by atoms with Crippen molar-refractivity contribution in [1.82, 2.24) is 25.4 Å². The van der Waals surface area contributed by atoms with E-state index in [2.05, 4.69) is 52.2 Å². The number of carbonyl (C=O) groups is 2. The van der Waals surface area contributed by atoms with E-state index in [9.17, 15) is 14.7 Å². The second-order valence-corrected chi connectivity index (χ2v) is 10.3. The molecule has 194 valence electrons. The molecule has 2 amide bonds. The van der Waals surface area contributed by atoms with Gasteiger partial charge >= 0.3 is 0 Å². The summed E-state index contributed by atoms with van der Waals surface area (Å²) >= 11 is 0. The van der Waals surface area contributed by atoms with E-state index in [1.54, 1.807) is 24.4 Å². The Morgan fingerprint density at radius 3 is 2.35 bits per heavy atom. The Bertz CT molecular complexity index is 1260. The van der Waals surface area contributed by atoms with Crippen LogP contribution in [0, 0.1) is 0 Å². The van der Waals surface area contributed by atoms with Gasteiger partial charge in [0.15, 0.2) is 11.5 Å². The molecule has 1 aliphatic heterocycles. The van der Waals surface area contributed by atoms with E-state index in [4.69, 9.17) is 0 Å². The fourth-order valence-corrected chi connectivity index (χ4v) is 4.20. The molecule has 0 unspecified atom stereocenters. The molecule has 0 aliphatic carbocycles. The van der Waals surface area contributed by atoms with Gasteiger partial charge in [-0.25, -0.2) is 0 Å². The van der Waals surface area contributed by atoms with Crippen LogP contribution in [0.5, 0.6) is 5.75 Å². The van der Waals surface area contributed by atoms with Crippen LogP contribution in [0.3, 0.4) is 0 Å². The fourth-order valence-electron chi connectivity index (χ4n) is 4.20. The third-order valence-electron chi connectivity index (χ3n) is 6.41. The number of rotatable bonds is 6. The van der Waals surface area contributed by atoms with Crippen LogP contribution in [-0.4, -0.2) is 69.7 Å². The largest absolute Gasteiger partial charge is 0.506 e. The summed E-state index contributed by atoms with van der Waals surface area (Å²) in [6.45, 7) is 11.2. The molecule has 3 aromatic rings. The second kappa shape index (κ2) is 10.9. The lowest BCUT2D eigenvalue weighted by Crippen LogP contribution is -2.49. The van der Waals surface area contributed by atoms with Gasteiger partial charge in [-0.3, -0.25) is 14.6 Å². The van der Waals surface area contributed by atoms with Gasteiger partial charge in [0.1, 0.15) is 5.75 Å². The first kappa shape index (κ1) is 26.1. The minimum absolute atomic E-state index is 0.0332. The summed E-state index contributed by atoms with van der Waals surface area (Å²) in [7, 11) is 0. The lowest BCUT2D eigenvalue weighted by atomic mass is 9.84. The van der Waals surface area contributed by atoms with Gasteiger partial charge in [0.2, 0.25) is 0 Å². The van der Waals surface area contributed by atoms with Crippen LogP contribution < -0.4 is 10.2 Å². The summed E-state index contributed by atoms with van der Waals surface area (Å²) in [6.07, 6.45) is 3.94. The molecular formula is C28H34N6O3. The summed E-state index contributed by atoms with van der Waals surface area (Å²) in [6, 6.07) is 11.0. The number of nitrogens with zero attached hydrogens (tertiary/aromatic N) is 5. The SMILES string of the molecule is CCCNC(=O)c1ccc(N2CCN(C(=O)c3cc(-c4cncc(O)c4)cc(C(C)(C)C)c3)CC2)nn1. The minimum atomic E-state index is -0.227. The molecule has 0 bridgehead atoms. The molecule has 1 fully saturated rings. The summed E-state index contributed by atoms with van der Waals surface area (Å²) in [5, 5.41) is 21.0. The summed E-state index contributed by atoms with van der Waals surface area (Å²) in [5.74, 6) is 0.511. The number of aromatic nitrogens is 3. The van der Waals surface area contributed by atoms with Gasteiger partial charge in [0.05, 0.1) is 6.20 Å². The van der Waals surface area contributed by atoms with Crippen LogP contribution in [0.15, 0.2) is 48.8 Å². The van der Waals surface area contributed by atoms with Crippen LogP contribution >= 0.6 is 0 Å².